The topological polar surface area (TPSA) is 53.4 Å². The van der Waals surface area contributed by atoms with Crippen LogP contribution >= 0.6 is 11.8 Å². The Kier molecular flexibility index (Phi) is 4.85. The standard InChI is InChI=1S/C20H17FN2O3S/c1-2-25-20(24)26-18-16(13-7-9-22-10-8-13)17(23-11-12-27-19(18)23)14-3-5-15(21)6-4-14/h3-10H,2,11-12H2,1H3. The zero-order chi connectivity index (χ0) is 18.8. The number of nitrogens with zero attached hydrogens (tertiary/aromatic N) is 2. The zero-order valence-corrected chi connectivity index (χ0v) is 15.5. The summed E-state index contributed by atoms with van der Waals surface area (Å²) in [6, 6.07) is 10.1. The van der Waals surface area contributed by atoms with Crippen LogP contribution in [0.1, 0.15) is 6.92 Å². The number of thioether (sulfide) groups is 1. The van der Waals surface area contributed by atoms with Crippen molar-refractivity contribution >= 4 is 17.9 Å². The molecule has 4 rings (SSSR count). The summed E-state index contributed by atoms with van der Waals surface area (Å²) in [6.07, 6.45) is 2.64. The Morgan fingerprint density at radius 3 is 2.63 bits per heavy atom. The predicted molar refractivity (Wildman–Crippen MR) is 101 cm³/mol. The van der Waals surface area contributed by atoms with Crippen molar-refractivity contribution in [3.8, 4) is 28.1 Å². The van der Waals surface area contributed by atoms with Crippen molar-refractivity contribution in [3.05, 3.63) is 54.6 Å². The van der Waals surface area contributed by atoms with Gasteiger partial charge in [-0.05, 0) is 54.4 Å². The smallest absolute Gasteiger partial charge is 0.434 e. The van der Waals surface area contributed by atoms with Crippen LogP contribution in [0.15, 0.2) is 53.8 Å². The van der Waals surface area contributed by atoms with Crippen LogP contribution in [-0.2, 0) is 11.3 Å². The summed E-state index contributed by atoms with van der Waals surface area (Å²) in [4.78, 5) is 16.1. The molecule has 3 heterocycles. The van der Waals surface area contributed by atoms with E-state index in [4.69, 9.17) is 9.47 Å². The van der Waals surface area contributed by atoms with Crippen LogP contribution in [0.5, 0.6) is 5.75 Å². The van der Waals surface area contributed by atoms with E-state index in [1.807, 2.05) is 12.1 Å². The second kappa shape index (κ2) is 7.44. The molecule has 0 N–H and O–H groups in total. The monoisotopic (exact) mass is 384 g/mol. The van der Waals surface area contributed by atoms with Gasteiger partial charge in [0.05, 0.1) is 17.9 Å². The van der Waals surface area contributed by atoms with Gasteiger partial charge in [0.25, 0.3) is 0 Å². The van der Waals surface area contributed by atoms with Gasteiger partial charge in [-0.3, -0.25) is 4.98 Å². The quantitative estimate of drug-likeness (QED) is 0.593. The number of halogens is 1. The summed E-state index contributed by atoms with van der Waals surface area (Å²) in [5, 5.41) is 0.870. The second-order valence-electron chi connectivity index (χ2n) is 5.89. The van der Waals surface area contributed by atoms with Gasteiger partial charge in [0.15, 0.2) is 5.75 Å². The van der Waals surface area contributed by atoms with Crippen LogP contribution in [0.25, 0.3) is 22.4 Å². The fourth-order valence-electron chi connectivity index (χ4n) is 3.18. The number of aromatic nitrogens is 2. The largest absolute Gasteiger partial charge is 0.513 e. The molecule has 0 radical (unpaired) electrons. The molecule has 0 amide bonds. The number of carbonyl (C=O) groups is 1. The molecule has 0 spiro atoms. The van der Waals surface area contributed by atoms with Crippen molar-refractivity contribution in [2.24, 2.45) is 0 Å². The molecule has 5 nitrogen and oxygen atoms in total. The molecule has 1 aliphatic rings. The molecule has 0 aliphatic carbocycles. The Morgan fingerprint density at radius 1 is 1.19 bits per heavy atom. The van der Waals surface area contributed by atoms with Gasteiger partial charge in [-0.1, -0.05) is 0 Å². The average Bonchev–Trinajstić information content (AvgIpc) is 3.25. The third-order valence-electron chi connectivity index (χ3n) is 4.26. The number of hydrogen-bond acceptors (Lipinski definition) is 5. The van der Waals surface area contributed by atoms with Gasteiger partial charge in [0, 0.05) is 24.7 Å². The van der Waals surface area contributed by atoms with Gasteiger partial charge in [-0.25, -0.2) is 9.18 Å². The van der Waals surface area contributed by atoms with Crippen molar-refractivity contribution in [2.75, 3.05) is 12.4 Å². The average molecular weight is 384 g/mol. The Morgan fingerprint density at radius 2 is 1.93 bits per heavy atom. The molecule has 3 aromatic rings. The van der Waals surface area contributed by atoms with E-state index in [2.05, 4.69) is 9.55 Å². The number of fused-ring (bicyclic) bond motifs is 1. The van der Waals surface area contributed by atoms with Crippen LogP contribution < -0.4 is 4.74 Å². The highest BCUT2D eigenvalue weighted by Gasteiger charge is 2.31. The lowest BCUT2D eigenvalue weighted by atomic mass is 10.0. The fourth-order valence-corrected chi connectivity index (χ4v) is 4.26. The number of carbonyl (C=O) groups excluding carboxylic acids is 1. The first-order valence-corrected chi connectivity index (χ1v) is 9.57. The van der Waals surface area contributed by atoms with Crippen molar-refractivity contribution in [1.29, 1.82) is 0 Å². The number of pyridine rings is 1. The lowest BCUT2D eigenvalue weighted by molar-refractivity contribution is 0.103. The van der Waals surface area contributed by atoms with Crippen LogP contribution in [0, 0.1) is 5.82 Å². The molecule has 0 saturated carbocycles. The summed E-state index contributed by atoms with van der Waals surface area (Å²) in [7, 11) is 0. The molecule has 0 fully saturated rings. The molecule has 0 bridgehead atoms. The van der Waals surface area contributed by atoms with Gasteiger partial charge < -0.3 is 14.0 Å². The molecule has 0 unspecified atom stereocenters. The summed E-state index contributed by atoms with van der Waals surface area (Å²) in [5.41, 5.74) is 3.39. The van der Waals surface area contributed by atoms with E-state index < -0.39 is 6.16 Å². The van der Waals surface area contributed by atoms with Gasteiger partial charge >= 0.3 is 6.16 Å². The highest BCUT2D eigenvalue weighted by Crippen LogP contribution is 2.50. The maximum Gasteiger partial charge on any atom is 0.513 e. The first kappa shape index (κ1) is 17.6. The second-order valence-corrected chi connectivity index (χ2v) is 6.97. The third-order valence-corrected chi connectivity index (χ3v) is 5.33. The Labute approximate surface area is 160 Å². The minimum Gasteiger partial charge on any atom is -0.434 e. The minimum atomic E-state index is -0.737. The van der Waals surface area contributed by atoms with Gasteiger partial charge in [0.1, 0.15) is 10.8 Å². The first-order chi connectivity index (χ1) is 13.2. The maximum absolute atomic E-state index is 13.5. The van der Waals surface area contributed by atoms with Crippen molar-refractivity contribution in [1.82, 2.24) is 9.55 Å². The summed E-state index contributed by atoms with van der Waals surface area (Å²) in [5.74, 6) is 1.05. The SMILES string of the molecule is CCOC(=O)Oc1c(-c2ccncc2)c(-c2ccc(F)cc2)n2c1SCC2. The van der Waals surface area contributed by atoms with Gasteiger partial charge in [0.2, 0.25) is 0 Å². The zero-order valence-electron chi connectivity index (χ0n) is 14.6. The fraction of sp³-hybridized carbons (Fsp3) is 0.200. The number of rotatable bonds is 4. The minimum absolute atomic E-state index is 0.234. The van der Waals surface area contributed by atoms with E-state index >= 15 is 0 Å². The maximum atomic E-state index is 13.5. The van der Waals surface area contributed by atoms with E-state index in [0.29, 0.717) is 5.75 Å². The van der Waals surface area contributed by atoms with E-state index in [1.165, 1.54) is 12.1 Å². The third kappa shape index (κ3) is 3.30. The molecule has 27 heavy (non-hydrogen) atoms. The Balaban J connectivity index is 1.94. The van der Waals surface area contributed by atoms with Gasteiger partial charge in [-0.15, -0.1) is 11.8 Å². The molecular weight excluding hydrogens is 367 g/mol. The number of benzene rings is 1. The van der Waals surface area contributed by atoms with E-state index in [9.17, 15) is 9.18 Å². The Bertz CT molecular complexity index is 971. The molecule has 7 heteroatoms. The number of ether oxygens (including phenoxy) is 2. The summed E-state index contributed by atoms with van der Waals surface area (Å²) >= 11 is 1.62. The highest BCUT2D eigenvalue weighted by atomic mass is 32.2. The molecule has 1 aromatic carbocycles. The van der Waals surface area contributed by atoms with E-state index in [-0.39, 0.29) is 12.4 Å². The molecule has 1 aliphatic heterocycles. The Hall–Kier alpha value is -2.80. The highest BCUT2D eigenvalue weighted by molar-refractivity contribution is 7.99. The van der Waals surface area contributed by atoms with Crippen molar-refractivity contribution < 1.29 is 18.7 Å². The lowest BCUT2D eigenvalue weighted by Gasteiger charge is -2.11. The number of hydrogen-bond donors (Lipinski definition) is 0. The van der Waals surface area contributed by atoms with Gasteiger partial charge in [-0.2, -0.15) is 0 Å². The molecule has 2 aromatic heterocycles. The van der Waals surface area contributed by atoms with Crippen LogP contribution in [0.3, 0.4) is 0 Å². The predicted octanol–water partition coefficient (Wildman–Crippen LogP) is 5.00. The normalized spacial score (nSPS) is 12.7. The molecule has 0 saturated heterocycles. The van der Waals surface area contributed by atoms with Crippen LogP contribution in [0.2, 0.25) is 0 Å². The molecule has 138 valence electrons. The van der Waals surface area contributed by atoms with Crippen LogP contribution in [-0.4, -0.2) is 28.1 Å². The lowest BCUT2D eigenvalue weighted by Crippen LogP contribution is -2.10. The van der Waals surface area contributed by atoms with Crippen LogP contribution in [0.4, 0.5) is 9.18 Å². The van der Waals surface area contributed by atoms with E-state index in [1.54, 1.807) is 43.2 Å². The summed E-state index contributed by atoms with van der Waals surface area (Å²) in [6.45, 7) is 2.74. The summed E-state index contributed by atoms with van der Waals surface area (Å²) < 4.78 is 26.2. The van der Waals surface area contributed by atoms with Crippen molar-refractivity contribution in [2.45, 2.75) is 18.5 Å². The van der Waals surface area contributed by atoms with Crippen molar-refractivity contribution in [3.63, 3.8) is 0 Å². The van der Waals surface area contributed by atoms with E-state index in [0.717, 1.165) is 39.7 Å². The molecule has 0 atom stereocenters. The first-order valence-electron chi connectivity index (χ1n) is 8.59. The molecular formula is C20H17FN2O3S.